The molecule has 0 amide bonds. The zero-order valence-electron chi connectivity index (χ0n) is 11.3. The highest BCUT2D eigenvalue weighted by atomic mass is 16.4. The molecular weight excluding hydrogens is 216 g/mol. The lowest BCUT2D eigenvalue weighted by atomic mass is 9.89. The molecule has 0 aromatic rings. The fourth-order valence-electron chi connectivity index (χ4n) is 2.60. The molecule has 1 heterocycles. The number of hydrogen-bond acceptors (Lipinski definition) is 3. The Hall–Kier alpha value is -0.610. The normalized spacial score (nSPS) is 27.9. The predicted molar refractivity (Wildman–Crippen MR) is 69.2 cm³/mol. The van der Waals surface area contributed by atoms with Crippen LogP contribution in [0, 0.1) is 5.92 Å². The summed E-state index contributed by atoms with van der Waals surface area (Å²) in [7, 11) is 2.00. The van der Waals surface area contributed by atoms with Crippen LogP contribution in [0.4, 0.5) is 0 Å². The Kier molecular flexibility index (Phi) is 5.92. The second kappa shape index (κ2) is 6.97. The van der Waals surface area contributed by atoms with Gasteiger partial charge in [-0.05, 0) is 39.2 Å². The highest BCUT2D eigenvalue weighted by molar-refractivity contribution is 5.66. The number of carbonyl (C=O) groups is 1. The summed E-state index contributed by atoms with van der Waals surface area (Å²) in [5.74, 6) is -0.155. The van der Waals surface area contributed by atoms with Crippen molar-refractivity contribution in [3.8, 4) is 0 Å². The SMILES string of the molecule is CCC(C)N1CC(CCC(=O)O)CC(NC)C1. The van der Waals surface area contributed by atoms with Crippen LogP contribution in [0.25, 0.3) is 0 Å². The minimum Gasteiger partial charge on any atom is -0.481 e. The molecule has 100 valence electrons. The first-order valence-electron chi connectivity index (χ1n) is 6.69. The monoisotopic (exact) mass is 242 g/mol. The van der Waals surface area contributed by atoms with Crippen molar-refractivity contribution in [2.24, 2.45) is 5.92 Å². The molecule has 1 saturated heterocycles. The fraction of sp³-hybridized carbons (Fsp3) is 0.923. The number of carboxylic acid groups (broad SMARTS) is 1. The smallest absolute Gasteiger partial charge is 0.303 e. The number of carboxylic acids is 1. The first-order valence-corrected chi connectivity index (χ1v) is 6.69. The van der Waals surface area contributed by atoms with Gasteiger partial charge in [-0.25, -0.2) is 0 Å². The average Bonchev–Trinajstić information content (AvgIpc) is 2.34. The molecular formula is C13H26N2O2. The van der Waals surface area contributed by atoms with Crippen LogP contribution >= 0.6 is 0 Å². The van der Waals surface area contributed by atoms with Gasteiger partial charge in [-0.1, -0.05) is 6.92 Å². The first kappa shape index (κ1) is 14.5. The van der Waals surface area contributed by atoms with Gasteiger partial charge in [0.2, 0.25) is 0 Å². The van der Waals surface area contributed by atoms with Crippen molar-refractivity contribution in [1.82, 2.24) is 10.2 Å². The van der Waals surface area contributed by atoms with Gasteiger partial charge in [0.1, 0.15) is 0 Å². The molecule has 0 aromatic carbocycles. The number of hydrogen-bond donors (Lipinski definition) is 2. The van der Waals surface area contributed by atoms with Crippen LogP contribution in [0.1, 0.15) is 39.5 Å². The summed E-state index contributed by atoms with van der Waals surface area (Å²) in [6.45, 7) is 6.61. The van der Waals surface area contributed by atoms with Gasteiger partial charge in [-0.2, -0.15) is 0 Å². The van der Waals surface area contributed by atoms with Crippen molar-refractivity contribution in [3.05, 3.63) is 0 Å². The summed E-state index contributed by atoms with van der Waals surface area (Å²) in [4.78, 5) is 13.1. The van der Waals surface area contributed by atoms with Gasteiger partial charge in [0.25, 0.3) is 0 Å². The quantitative estimate of drug-likeness (QED) is 0.742. The summed E-state index contributed by atoms with van der Waals surface area (Å²) in [6.07, 6.45) is 3.37. The van der Waals surface area contributed by atoms with Crippen LogP contribution in [0.5, 0.6) is 0 Å². The average molecular weight is 242 g/mol. The standard InChI is InChI=1S/C13H26N2O2/c1-4-10(2)15-8-11(5-6-13(16)17)7-12(9-15)14-3/h10-12,14H,4-9H2,1-3H3,(H,16,17). The third kappa shape index (κ3) is 4.64. The van der Waals surface area contributed by atoms with Gasteiger partial charge in [0, 0.05) is 31.6 Å². The van der Waals surface area contributed by atoms with Crippen LogP contribution in [-0.4, -0.2) is 48.2 Å². The molecule has 1 rings (SSSR count). The van der Waals surface area contributed by atoms with E-state index >= 15 is 0 Å². The molecule has 4 nitrogen and oxygen atoms in total. The van der Waals surface area contributed by atoms with E-state index in [0.717, 1.165) is 32.4 Å². The molecule has 4 heteroatoms. The van der Waals surface area contributed by atoms with Crippen molar-refractivity contribution in [2.75, 3.05) is 20.1 Å². The van der Waals surface area contributed by atoms with Crippen LogP contribution in [0.2, 0.25) is 0 Å². The number of piperidine rings is 1. The van der Waals surface area contributed by atoms with Gasteiger partial charge >= 0.3 is 5.97 Å². The van der Waals surface area contributed by atoms with Crippen LogP contribution < -0.4 is 5.32 Å². The third-order valence-electron chi connectivity index (χ3n) is 3.95. The Morgan fingerprint density at radius 3 is 2.76 bits per heavy atom. The second-order valence-corrected chi connectivity index (χ2v) is 5.23. The van der Waals surface area contributed by atoms with E-state index < -0.39 is 5.97 Å². The summed E-state index contributed by atoms with van der Waals surface area (Å²) in [5, 5.41) is 12.1. The molecule has 1 aliphatic heterocycles. The molecule has 2 N–H and O–H groups in total. The van der Waals surface area contributed by atoms with Crippen LogP contribution in [0.3, 0.4) is 0 Å². The molecule has 0 aliphatic carbocycles. The Balaban J connectivity index is 2.50. The van der Waals surface area contributed by atoms with Crippen molar-refractivity contribution in [3.63, 3.8) is 0 Å². The molecule has 1 aliphatic rings. The first-order chi connectivity index (χ1) is 8.06. The Morgan fingerprint density at radius 1 is 1.53 bits per heavy atom. The van der Waals surface area contributed by atoms with Gasteiger partial charge in [-0.15, -0.1) is 0 Å². The van der Waals surface area contributed by atoms with Crippen molar-refractivity contribution >= 4 is 5.97 Å². The summed E-state index contributed by atoms with van der Waals surface area (Å²) in [6, 6.07) is 1.11. The van der Waals surface area contributed by atoms with Crippen molar-refractivity contribution < 1.29 is 9.90 Å². The lowest BCUT2D eigenvalue weighted by Crippen LogP contribution is -2.51. The van der Waals surface area contributed by atoms with Crippen LogP contribution in [-0.2, 0) is 4.79 Å². The number of rotatable bonds is 6. The van der Waals surface area contributed by atoms with Gasteiger partial charge in [0.15, 0.2) is 0 Å². The molecule has 1 fully saturated rings. The minimum absolute atomic E-state index is 0.301. The largest absolute Gasteiger partial charge is 0.481 e. The van der Waals surface area contributed by atoms with E-state index in [4.69, 9.17) is 5.11 Å². The highest BCUT2D eigenvalue weighted by Gasteiger charge is 2.28. The van der Waals surface area contributed by atoms with Crippen molar-refractivity contribution in [1.29, 1.82) is 0 Å². The Labute approximate surface area is 104 Å². The maximum atomic E-state index is 10.6. The molecule has 0 spiro atoms. The topological polar surface area (TPSA) is 52.6 Å². The minimum atomic E-state index is -0.674. The van der Waals surface area contributed by atoms with E-state index in [1.807, 2.05) is 7.05 Å². The Bertz CT molecular complexity index is 246. The van der Waals surface area contributed by atoms with E-state index in [0.29, 0.717) is 24.4 Å². The third-order valence-corrected chi connectivity index (χ3v) is 3.95. The molecule has 0 aromatic heterocycles. The van der Waals surface area contributed by atoms with Crippen LogP contribution in [0.15, 0.2) is 0 Å². The molecule has 17 heavy (non-hydrogen) atoms. The second-order valence-electron chi connectivity index (χ2n) is 5.23. The highest BCUT2D eigenvalue weighted by Crippen LogP contribution is 2.23. The Morgan fingerprint density at radius 2 is 2.24 bits per heavy atom. The number of likely N-dealkylation sites (N-methyl/N-ethyl adjacent to an activating group) is 1. The van der Waals surface area contributed by atoms with E-state index in [9.17, 15) is 4.79 Å². The van der Waals surface area contributed by atoms with Gasteiger partial charge in [0.05, 0.1) is 0 Å². The number of nitrogens with zero attached hydrogens (tertiary/aromatic N) is 1. The lowest BCUT2D eigenvalue weighted by molar-refractivity contribution is -0.137. The zero-order chi connectivity index (χ0) is 12.8. The number of aliphatic carboxylic acids is 1. The van der Waals surface area contributed by atoms with Gasteiger partial charge < -0.3 is 10.4 Å². The maximum absolute atomic E-state index is 10.6. The zero-order valence-corrected chi connectivity index (χ0v) is 11.3. The number of likely N-dealkylation sites (tertiary alicyclic amines) is 1. The molecule has 0 saturated carbocycles. The summed E-state index contributed by atoms with van der Waals surface area (Å²) in [5.41, 5.74) is 0. The van der Waals surface area contributed by atoms with E-state index in [-0.39, 0.29) is 0 Å². The number of nitrogens with one attached hydrogen (secondary N) is 1. The molecule has 3 atom stereocenters. The summed E-state index contributed by atoms with van der Waals surface area (Å²) < 4.78 is 0. The van der Waals surface area contributed by atoms with Gasteiger partial charge in [-0.3, -0.25) is 9.69 Å². The molecule has 0 radical (unpaired) electrons. The van der Waals surface area contributed by atoms with E-state index in [1.165, 1.54) is 0 Å². The molecule has 3 unspecified atom stereocenters. The summed E-state index contributed by atoms with van der Waals surface area (Å²) >= 11 is 0. The fourth-order valence-corrected chi connectivity index (χ4v) is 2.60. The predicted octanol–water partition coefficient (Wildman–Crippen LogP) is 1.56. The van der Waals surface area contributed by atoms with E-state index in [1.54, 1.807) is 0 Å². The molecule has 0 bridgehead atoms. The van der Waals surface area contributed by atoms with E-state index in [2.05, 4.69) is 24.1 Å². The lowest BCUT2D eigenvalue weighted by Gasteiger charge is -2.40. The van der Waals surface area contributed by atoms with Crippen molar-refractivity contribution in [2.45, 2.75) is 51.6 Å². The maximum Gasteiger partial charge on any atom is 0.303 e.